The third-order valence-corrected chi connectivity index (χ3v) is 4.63. The van der Waals surface area contributed by atoms with Gasteiger partial charge in [-0.3, -0.25) is 9.59 Å². The molecule has 1 amide bonds. The number of pyridine rings is 1. The van der Waals surface area contributed by atoms with Gasteiger partial charge in [-0.05, 0) is 29.7 Å². The quantitative estimate of drug-likeness (QED) is 0.935. The summed E-state index contributed by atoms with van der Waals surface area (Å²) in [6.07, 6.45) is 2.66. The molecule has 0 bridgehead atoms. The summed E-state index contributed by atoms with van der Waals surface area (Å²) in [5.41, 5.74) is 2.36. The van der Waals surface area contributed by atoms with Gasteiger partial charge in [0.15, 0.2) is 0 Å². The summed E-state index contributed by atoms with van der Waals surface area (Å²) in [5.74, 6) is -0.192. The number of piperazine rings is 1. The molecule has 2 heterocycles. The lowest BCUT2D eigenvalue weighted by Crippen LogP contribution is -2.49. The Morgan fingerprint density at radius 2 is 2.00 bits per heavy atom. The van der Waals surface area contributed by atoms with E-state index in [1.807, 2.05) is 4.90 Å². The molecule has 0 radical (unpaired) electrons. The highest BCUT2D eigenvalue weighted by Gasteiger charge is 2.29. The van der Waals surface area contributed by atoms with Crippen LogP contribution >= 0.6 is 0 Å². The lowest BCUT2D eigenvalue weighted by molar-refractivity contribution is 0.0632. The third-order valence-electron chi connectivity index (χ3n) is 4.63. The van der Waals surface area contributed by atoms with Crippen LogP contribution in [-0.2, 0) is 13.5 Å². The van der Waals surface area contributed by atoms with E-state index in [0.717, 1.165) is 18.5 Å². The normalized spacial score (nSPS) is 17.8. The summed E-state index contributed by atoms with van der Waals surface area (Å²) in [6.45, 7) is 4.15. The van der Waals surface area contributed by atoms with Gasteiger partial charge in [0, 0.05) is 32.9 Å². The molecule has 1 aliphatic rings. The van der Waals surface area contributed by atoms with Gasteiger partial charge in [0.1, 0.15) is 5.56 Å². The lowest BCUT2D eigenvalue weighted by Gasteiger charge is -2.36. The summed E-state index contributed by atoms with van der Waals surface area (Å²) in [4.78, 5) is 27.1. The number of carbonyl (C=O) groups is 1. The smallest absolute Gasteiger partial charge is 0.263 e. The van der Waals surface area contributed by atoms with Crippen LogP contribution in [0.5, 0.6) is 0 Å². The zero-order valence-corrected chi connectivity index (χ0v) is 14.2. The molecule has 3 rings (SSSR count). The topological polar surface area (TPSA) is 54.3 Å². The van der Waals surface area contributed by atoms with Crippen molar-refractivity contribution in [1.82, 2.24) is 14.8 Å². The molecule has 5 nitrogen and oxygen atoms in total. The van der Waals surface area contributed by atoms with E-state index in [9.17, 15) is 9.59 Å². The van der Waals surface area contributed by atoms with E-state index >= 15 is 0 Å². The molecule has 1 unspecified atom stereocenters. The fraction of sp³-hybridized carbons (Fsp3) is 0.368. The summed E-state index contributed by atoms with van der Waals surface area (Å²) >= 11 is 0. The SMILES string of the molecule is CCc1ccc(C2CNCCN2C(=O)c2cccn(C)c2=O)cc1. The number of carbonyl (C=O) groups excluding carboxylic acids is 1. The van der Waals surface area contributed by atoms with Crippen molar-refractivity contribution < 1.29 is 4.79 Å². The van der Waals surface area contributed by atoms with Crippen LogP contribution in [0.2, 0.25) is 0 Å². The van der Waals surface area contributed by atoms with E-state index in [1.165, 1.54) is 10.1 Å². The predicted molar refractivity (Wildman–Crippen MR) is 94.2 cm³/mol. The van der Waals surface area contributed by atoms with Gasteiger partial charge in [0.25, 0.3) is 11.5 Å². The monoisotopic (exact) mass is 325 g/mol. The number of aromatic nitrogens is 1. The Hall–Kier alpha value is -2.40. The molecule has 0 aliphatic carbocycles. The van der Waals surface area contributed by atoms with Crippen LogP contribution in [0.3, 0.4) is 0 Å². The number of hydrogen-bond donors (Lipinski definition) is 1. The van der Waals surface area contributed by atoms with Crippen LogP contribution < -0.4 is 10.9 Å². The number of aryl methyl sites for hydroxylation is 2. The number of rotatable bonds is 3. The number of nitrogens with one attached hydrogen (secondary N) is 1. The number of amides is 1. The van der Waals surface area contributed by atoms with Crippen molar-refractivity contribution >= 4 is 5.91 Å². The van der Waals surface area contributed by atoms with E-state index in [2.05, 4.69) is 36.5 Å². The molecular formula is C19H23N3O2. The van der Waals surface area contributed by atoms with Crippen LogP contribution in [-0.4, -0.2) is 35.0 Å². The molecule has 1 aromatic heterocycles. The van der Waals surface area contributed by atoms with Crippen molar-refractivity contribution in [3.05, 3.63) is 69.6 Å². The minimum Gasteiger partial charge on any atom is -0.329 e. The summed E-state index contributed by atoms with van der Waals surface area (Å²) in [6, 6.07) is 11.7. The number of benzene rings is 1. The fourth-order valence-corrected chi connectivity index (χ4v) is 3.14. The van der Waals surface area contributed by atoms with E-state index in [1.54, 1.807) is 25.4 Å². The van der Waals surface area contributed by atoms with Gasteiger partial charge in [0.2, 0.25) is 0 Å². The lowest BCUT2D eigenvalue weighted by atomic mass is 10.00. The minimum atomic E-state index is -0.249. The first-order valence-corrected chi connectivity index (χ1v) is 8.38. The van der Waals surface area contributed by atoms with E-state index in [0.29, 0.717) is 13.1 Å². The van der Waals surface area contributed by atoms with Gasteiger partial charge in [-0.1, -0.05) is 31.2 Å². The average Bonchev–Trinajstić information content (AvgIpc) is 2.63. The highest BCUT2D eigenvalue weighted by Crippen LogP contribution is 2.24. The molecule has 1 fully saturated rings. The first kappa shape index (κ1) is 16.5. The van der Waals surface area contributed by atoms with Crippen molar-refractivity contribution in [1.29, 1.82) is 0 Å². The molecule has 126 valence electrons. The number of hydrogen-bond acceptors (Lipinski definition) is 3. The highest BCUT2D eigenvalue weighted by atomic mass is 16.2. The molecule has 24 heavy (non-hydrogen) atoms. The van der Waals surface area contributed by atoms with Crippen molar-refractivity contribution in [3.8, 4) is 0 Å². The van der Waals surface area contributed by atoms with Crippen molar-refractivity contribution in [2.45, 2.75) is 19.4 Å². The second-order valence-corrected chi connectivity index (χ2v) is 6.15. The predicted octanol–water partition coefficient (Wildman–Crippen LogP) is 1.73. The maximum Gasteiger partial charge on any atom is 0.263 e. The highest BCUT2D eigenvalue weighted by molar-refractivity contribution is 5.94. The first-order valence-electron chi connectivity index (χ1n) is 8.38. The van der Waals surface area contributed by atoms with E-state index in [-0.39, 0.29) is 23.1 Å². The van der Waals surface area contributed by atoms with Gasteiger partial charge >= 0.3 is 0 Å². The molecule has 1 aromatic carbocycles. The minimum absolute atomic E-state index is 0.0536. The molecule has 2 aromatic rings. The standard InChI is InChI=1S/C19H23N3O2/c1-3-14-6-8-15(9-7-14)17-13-20-10-12-22(17)19(24)16-5-4-11-21(2)18(16)23/h4-9,11,17,20H,3,10,12-13H2,1-2H3. The van der Waals surface area contributed by atoms with Crippen molar-refractivity contribution in [2.75, 3.05) is 19.6 Å². The van der Waals surface area contributed by atoms with E-state index < -0.39 is 0 Å². The Balaban J connectivity index is 1.92. The van der Waals surface area contributed by atoms with Crippen molar-refractivity contribution in [3.63, 3.8) is 0 Å². The van der Waals surface area contributed by atoms with Gasteiger partial charge < -0.3 is 14.8 Å². The zero-order valence-electron chi connectivity index (χ0n) is 14.2. The summed E-state index contributed by atoms with van der Waals surface area (Å²) < 4.78 is 1.44. The third kappa shape index (κ3) is 3.12. The maximum atomic E-state index is 13.0. The van der Waals surface area contributed by atoms with Gasteiger partial charge in [0.05, 0.1) is 6.04 Å². The van der Waals surface area contributed by atoms with Crippen molar-refractivity contribution in [2.24, 2.45) is 7.05 Å². The largest absolute Gasteiger partial charge is 0.329 e. The molecule has 1 atom stereocenters. The zero-order chi connectivity index (χ0) is 17.1. The summed E-state index contributed by atoms with van der Waals surface area (Å²) in [7, 11) is 1.66. The molecule has 0 spiro atoms. The molecule has 1 N–H and O–H groups in total. The summed E-state index contributed by atoms with van der Waals surface area (Å²) in [5, 5.41) is 3.35. The fourth-order valence-electron chi connectivity index (χ4n) is 3.14. The Bertz CT molecular complexity index is 780. The van der Waals surface area contributed by atoms with Crippen LogP contribution in [0.15, 0.2) is 47.4 Å². The van der Waals surface area contributed by atoms with E-state index in [4.69, 9.17) is 0 Å². The Labute approximate surface area is 141 Å². The first-order chi connectivity index (χ1) is 11.6. The van der Waals surface area contributed by atoms with Crippen LogP contribution in [0.4, 0.5) is 0 Å². The second kappa shape index (κ2) is 7.01. The molecule has 0 saturated carbocycles. The maximum absolute atomic E-state index is 13.0. The number of nitrogens with zero attached hydrogens (tertiary/aromatic N) is 2. The second-order valence-electron chi connectivity index (χ2n) is 6.15. The van der Waals surface area contributed by atoms with Crippen LogP contribution in [0.1, 0.15) is 34.5 Å². The Kier molecular flexibility index (Phi) is 4.81. The molecule has 1 saturated heterocycles. The van der Waals surface area contributed by atoms with Gasteiger partial charge in [-0.25, -0.2) is 0 Å². The van der Waals surface area contributed by atoms with Crippen LogP contribution in [0, 0.1) is 0 Å². The average molecular weight is 325 g/mol. The Morgan fingerprint density at radius 3 is 2.71 bits per heavy atom. The molecule has 1 aliphatic heterocycles. The molecule has 5 heteroatoms. The van der Waals surface area contributed by atoms with Gasteiger partial charge in [-0.15, -0.1) is 0 Å². The van der Waals surface area contributed by atoms with Crippen LogP contribution in [0.25, 0.3) is 0 Å². The Morgan fingerprint density at radius 1 is 1.25 bits per heavy atom. The van der Waals surface area contributed by atoms with Gasteiger partial charge in [-0.2, -0.15) is 0 Å². The molecular weight excluding hydrogens is 302 g/mol.